The average Bonchev–Trinajstić information content (AvgIpc) is 2.42. The summed E-state index contributed by atoms with van der Waals surface area (Å²) >= 11 is 5.97. The van der Waals surface area contributed by atoms with Gasteiger partial charge in [-0.15, -0.1) is 0 Å². The summed E-state index contributed by atoms with van der Waals surface area (Å²) in [5, 5.41) is 3.83. The molecule has 1 aromatic rings. The number of hydrogen-bond donors (Lipinski definition) is 1. The molecule has 0 aliphatic carbocycles. The molecule has 0 radical (unpaired) electrons. The summed E-state index contributed by atoms with van der Waals surface area (Å²) in [6.07, 6.45) is 0. The number of benzene rings is 1. The molecular weight excluding hydrogens is 264 g/mol. The number of hydrogen-bond acceptors (Lipinski definition) is 4. The van der Waals surface area contributed by atoms with Crippen LogP contribution in [0.15, 0.2) is 18.2 Å². The maximum atomic E-state index is 12.4. The Morgan fingerprint density at radius 1 is 1.42 bits per heavy atom. The van der Waals surface area contributed by atoms with Crippen LogP contribution in [0.2, 0.25) is 5.02 Å². The van der Waals surface area contributed by atoms with Crippen LogP contribution >= 0.6 is 11.6 Å². The van der Waals surface area contributed by atoms with Gasteiger partial charge in [-0.1, -0.05) is 11.6 Å². The van der Waals surface area contributed by atoms with Gasteiger partial charge < -0.3 is 10.1 Å². The van der Waals surface area contributed by atoms with Crippen molar-refractivity contribution in [1.82, 2.24) is 10.2 Å². The number of nitrogens with zero attached hydrogens (tertiary/aromatic N) is 1. The molecule has 1 heterocycles. The molecule has 2 rings (SSSR count). The van der Waals surface area contributed by atoms with Crippen molar-refractivity contribution in [3.63, 3.8) is 0 Å². The Hall–Kier alpha value is -1.10. The van der Waals surface area contributed by atoms with Crippen molar-refractivity contribution in [2.24, 2.45) is 0 Å². The number of halogens is 1. The van der Waals surface area contributed by atoms with Gasteiger partial charge in [-0.3, -0.25) is 9.69 Å². The third-order valence-corrected chi connectivity index (χ3v) is 3.35. The van der Waals surface area contributed by atoms with Crippen LogP contribution in [0.25, 0.3) is 0 Å². The second-order valence-corrected chi connectivity index (χ2v) is 4.96. The number of ether oxygens (including phenoxy) is 1. The van der Waals surface area contributed by atoms with Gasteiger partial charge in [0, 0.05) is 31.2 Å². The third kappa shape index (κ3) is 3.93. The van der Waals surface area contributed by atoms with Gasteiger partial charge in [0.2, 0.25) is 0 Å². The Morgan fingerprint density at radius 2 is 2.16 bits per heavy atom. The summed E-state index contributed by atoms with van der Waals surface area (Å²) in [4.78, 5) is 14.5. The van der Waals surface area contributed by atoms with E-state index in [0.717, 1.165) is 26.2 Å². The molecule has 1 N–H and O–H groups in total. The largest absolute Gasteiger partial charge is 0.493 e. The monoisotopic (exact) mass is 282 g/mol. The van der Waals surface area contributed by atoms with E-state index in [9.17, 15) is 4.79 Å². The average molecular weight is 283 g/mol. The first-order valence-corrected chi connectivity index (χ1v) is 6.97. The van der Waals surface area contributed by atoms with Crippen molar-refractivity contribution in [3.05, 3.63) is 28.8 Å². The van der Waals surface area contributed by atoms with Gasteiger partial charge in [-0.05, 0) is 25.1 Å². The molecule has 1 saturated heterocycles. The highest BCUT2D eigenvalue weighted by atomic mass is 35.5. The van der Waals surface area contributed by atoms with E-state index < -0.39 is 0 Å². The Bertz CT molecular complexity index is 445. The molecule has 0 spiro atoms. The molecule has 19 heavy (non-hydrogen) atoms. The number of piperazine rings is 1. The Labute approximate surface area is 118 Å². The zero-order chi connectivity index (χ0) is 13.7. The number of nitrogens with one attached hydrogen (secondary N) is 1. The van der Waals surface area contributed by atoms with E-state index in [0.29, 0.717) is 29.5 Å². The SMILES string of the molecule is CCOc1ccc(Cl)cc1C(=O)CN1CCNCC1. The Balaban J connectivity index is 2.10. The highest BCUT2D eigenvalue weighted by molar-refractivity contribution is 6.31. The minimum atomic E-state index is 0.0628. The van der Waals surface area contributed by atoms with Gasteiger partial charge in [-0.25, -0.2) is 0 Å². The number of carbonyl (C=O) groups excluding carboxylic acids is 1. The van der Waals surface area contributed by atoms with Crippen molar-refractivity contribution >= 4 is 17.4 Å². The molecule has 104 valence electrons. The summed E-state index contributed by atoms with van der Waals surface area (Å²) < 4.78 is 5.49. The van der Waals surface area contributed by atoms with E-state index in [-0.39, 0.29) is 5.78 Å². The first-order chi connectivity index (χ1) is 9.20. The lowest BCUT2D eigenvalue weighted by molar-refractivity contribution is 0.0918. The highest BCUT2D eigenvalue weighted by Gasteiger charge is 2.18. The highest BCUT2D eigenvalue weighted by Crippen LogP contribution is 2.23. The summed E-state index contributed by atoms with van der Waals surface area (Å²) in [6, 6.07) is 5.20. The van der Waals surface area contributed by atoms with Gasteiger partial charge in [0.25, 0.3) is 0 Å². The first-order valence-electron chi connectivity index (χ1n) is 6.59. The predicted molar refractivity (Wildman–Crippen MR) is 76.3 cm³/mol. The number of ketones is 1. The van der Waals surface area contributed by atoms with Crippen LogP contribution in [0.3, 0.4) is 0 Å². The number of carbonyl (C=O) groups is 1. The Morgan fingerprint density at radius 3 is 2.84 bits per heavy atom. The fourth-order valence-electron chi connectivity index (χ4n) is 2.16. The van der Waals surface area contributed by atoms with E-state index in [2.05, 4.69) is 10.2 Å². The molecule has 0 bridgehead atoms. The lowest BCUT2D eigenvalue weighted by Crippen LogP contribution is -2.45. The van der Waals surface area contributed by atoms with E-state index >= 15 is 0 Å². The maximum absolute atomic E-state index is 12.4. The van der Waals surface area contributed by atoms with Crippen LogP contribution in [0.5, 0.6) is 5.75 Å². The van der Waals surface area contributed by atoms with Crippen molar-refractivity contribution in [1.29, 1.82) is 0 Å². The fraction of sp³-hybridized carbons (Fsp3) is 0.500. The molecule has 1 aliphatic heterocycles. The van der Waals surface area contributed by atoms with Gasteiger partial charge in [0.1, 0.15) is 5.75 Å². The van der Waals surface area contributed by atoms with Crippen molar-refractivity contribution in [2.75, 3.05) is 39.3 Å². The van der Waals surface area contributed by atoms with Gasteiger partial charge in [0.05, 0.1) is 18.7 Å². The zero-order valence-electron chi connectivity index (χ0n) is 11.1. The molecule has 0 saturated carbocycles. The minimum Gasteiger partial charge on any atom is -0.493 e. The second kappa shape index (κ2) is 6.89. The smallest absolute Gasteiger partial charge is 0.180 e. The van der Waals surface area contributed by atoms with Crippen LogP contribution < -0.4 is 10.1 Å². The molecule has 0 amide bonds. The summed E-state index contributed by atoms with van der Waals surface area (Å²) in [6.45, 7) is 6.52. The quantitative estimate of drug-likeness (QED) is 0.837. The normalized spacial score (nSPS) is 16.3. The van der Waals surface area contributed by atoms with Crippen LogP contribution in [0.4, 0.5) is 0 Å². The molecule has 1 fully saturated rings. The van der Waals surface area contributed by atoms with Gasteiger partial charge >= 0.3 is 0 Å². The first kappa shape index (κ1) is 14.3. The Kier molecular flexibility index (Phi) is 5.19. The summed E-state index contributed by atoms with van der Waals surface area (Å²) in [5.41, 5.74) is 0.577. The van der Waals surface area contributed by atoms with Crippen LogP contribution in [-0.2, 0) is 0 Å². The number of Topliss-reactive ketones (excluding diaryl/α,β-unsaturated/α-hetero) is 1. The summed E-state index contributed by atoms with van der Waals surface area (Å²) in [5.74, 6) is 0.680. The fourth-order valence-corrected chi connectivity index (χ4v) is 2.33. The third-order valence-electron chi connectivity index (χ3n) is 3.12. The van der Waals surface area contributed by atoms with Crippen LogP contribution in [0.1, 0.15) is 17.3 Å². The molecule has 0 aromatic heterocycles. The number of rotatable bonds is 5. The molecule has 0 atom stereocenters. The predicted octanol–water partition coefficient (Wildman–Crippen LogP) is 1.83. The minimum absolute atomic E-state index is 0.0628. The molecule has 0 unspecified atom stereocenters. The van der Waals surface area contributed by atoms with E-state index in [1.54, 1.807) is 18.2 Å². The van der Waals surface area contributed by atoms with Crippen molar-refractivity contribution in [3.8, 4) is 5.75 Å². The standard InChI is InChI=1S/C14H19ClN2O2/c1-2-19-14-4-3-11(15)9-12(14)13(18)10-17-7-5-16-6-8-17/h3-4,9,16H,2,5-8,10H2,1H3. The topological polar surface area (TPSA) is 41.6 Å². The molecule has 5 heteroatoms. The molecule has 1 aliphatic rings. The van der Waals surface area contributed by atoms with Crippen LogP contribution in [-0.4, -0.2) is 50.0 Å². The molecule has 1 aromatic carbocycles. The summed E-state index contributed by atoms with van der Waals surface area (Å²) in [7, 11) is 0. The van der Waals surface area contributed by atoms with E-state index in [1.165, 1.54) is 0 Å². The van der Waals surface area contributed by atoms with E-state index in [4.69, 9.17) is 16.3 Å². The zero-order valence-corrected chi connectivity index (χ0v) is 11.9. The second-order valence-electron chi connectivity index (χ2n) is 4.52. The lowest BCUT2D eigenvalue weighted by Gasteiger charge is -2.26. The maximum Gasteiger partial charge on any atom is 0.180 e. The van der Waals surface area contributed by atoms with Crippen LogP contribution in [0, 0.1) is 0 Å². The molecule has 4 nitrogen and oxygen atoms in total. The van der Waals surface area contributed by atoms with E-state index in [1.807, 2.05) is 6.92 Å². The lowest BCUT2D eigenvalue weighted by atomic mass is 10.1. The van der Waals surface area contributed by atoms with Crippen molar-refractivity contribution in [2.45, 2.75) is 6.92 Å². The van der Waals surface area contributed by atoms with Gasteiger partial charge in [0.15, 0.2) is 5.78 Å². The van der Waals surface area contributed by atoms with Gasteiger partial charge in [-0.2, -0.15) is 0 Å². The van der Waals surface area contributed by atoms with Crippen molar-refractivity contribution < 1.29 is 9.53 Å². The molecular formula is C14H19ClN2O2.